The lowest BCUT2D eigenvalue weighted by molar-refractivity contribution is 0.193. The second-order valence-corrected chi connectivity index (χ2v) is 7.94. The molecule has 3 fully saturated rings. The van der Waals surface area contributed by atoms with E-state index in [1.165, 1.54) is 28.9 Å². The Kier molecular flexibility index (Phi) is 1.25. The minimum atomic E-state index is 0.402. The van der Waals surface area contributed by atoms with Gasteiger partial charge in [-0.3, -0.25) is 0 Å². The first kappa shape index (κ1) is 10.1. The Hall–Kier alpha value is -1.80. The van der Waals surface area contributed by atoms with Crippen LogP contribution in [0.4, 0.5) is 0 Å². The molecule has 2 heteroatoms. The Morgan fingerprint density at radius 2 is 2.09 bits per heavy atom. The van der Waals surface area contributed by atoms with Gasteiger partial charge in [0.1, 0.15) is 11.9 Å². The average molecular weight is 286 g/mol. The third-order valence-corrected chi connectivity index (χ3v) is 7.18. The van der Waals surface area contributed by atoms with Crippen LogP contribution in [0.3, 0.4) is 0 Å². The Balaban J connectivity index is 1.53. The highest BCUT2D eigenvalue weighted by atomic mass is 16.6. The maximum Gasteiger partial charge on any atom is 0.163 e. The fourth-order valence-electron chi connectivity index (χ4n) is 6.44. The molecule has 0 N–H and O–H groups in total. The monoisotopic (exact) mass is 286 g/mol. The largest absolute Gasteiger partial charge is 0.482 e. The molecule has 0 spiro atoms. The van der Waals surface area contributed by atoms with Crippen molar-refractivity contribution in [2.24, 2.45) is 23.7 Å². The first-order chi connectivity index (χ1) is 10.9. The van der Waals surface area contributed by atoms with Crippen molar-refractivity contribution in [1.29, 1.82) is 0 Å². The van der Waals surface area contributed by atoms with Gasteiger partial charge in [-0.2, -0.15) is 0 Å². The highest BCUT2D eigenvalue weighted by molar-refractivity contribution is 5.71. The molecular weight excluding hydrogens is 272 g/mol. The average Bonchev–Trinajstić information content (AvgIpc) is 3.45. The lowest BCUT2D eigenvalue weighted by Gasteiger charge is -2.46. The van der Waals surface area contributed by atoms with Crippen LogP contribution >= 0.6 is 0 Å². The molecule has 1 saturated carbocycles. The van der Waals surface area contributed by atoms with Crippen molar-refractivity contribution >= 4 is 0 Å². The maximum atomic E-state index is 6.02. The van der Waals surface area contributed by atoms with Crippen molar-refractivity contribution in [2.45, 2.75) is 24.7 Å². The zero-order valence-electron chi connectivity index (χ0n) is 12.0. The van der Waals surface area contributed by atoms with E-state index >= 15 is 0 Å². The molecule has 5 unspecified atom stereocenters. The molecule has 0 aromatic heterocycles. The summed E-state index contributed by atoms with van der Waals surface area (Å²) in [5.41, 5.74) is 9.41. The third kappa shape index (κ3) is 0.837. The molecule has 0 amide bonds. The van der Waals surface area contributed by atoms with E-state index in [1.54, 1.807) is 16.7 Å². The zero-order valence-corrected chi connectivity index (χ0v) is 12.0. The number of hydrogen-bond acceptors (Lipinski definition) is 2. The Morgan fingerprint density at radius 3 is 3.09 bits per heavy atom. The van der Waals surface area contributed by atoms with Crippen LogP contribution in [-0.2, 0) is 9.47 Å². The van der Waals surface area contributed by atoms with Gasteiger partial charge in [-0.05, 0) is 46.3 Å². The Morgan fingerprint density at radius 1 is 1.09 bits per heavy atom. The van der Waals surface area contributed by atoms with E-state index in [-0.39, 0.29) is 0 Å². The highest BCUT2D eigenvalue weighted by Gasteiger charge is 2.67. The highest BCUT2D eigenvalue weighted by Crippen LogP contribution is 2.69. The lowest BCUT2D eigenvalue weighted by atomic mass is 9.58. The van der Waals surface area contributed by atoms with E-state index in [0.29, 0.717) is 42.0 Å². The molecule has 2 heterocycles. The molecule has 0 bridgehead atoms. The van der Waals surface area contributed by atoms with E-state index < -0.39 is 0 Å². The lowest BCUT2D eigenvalue weighted by Crippen LogP contribution is -2.37. The quantitative estimate of drug-likeness (QED) is 0.640. The molecule has 8 aliphatic rings. The molecule has 0 aromatic rings. The number of fused-ring (bicyclic) bond motifs is 5. The van der Waals surface area contributed by atoms with Gasteiger partial charge >= 0.3 is 0 Å². The molecule has 2 saturated heterocycles. The van der Waals surface area contributed by atoms with Gasteiger partial charge < -0.3 is 9.47 Å². The molecule has 0 aromatic carbocycles. The molecule has 7 atom stereocenters. The predicted molar refractivity (Wildman–Crippen MR) is 79.6 cm³/mol. The van der Waals surface area contributed by atoms with Crippen LogP contribution in [0.15, 0.2) is 69.6 Å². The normalized spacial score (nSPS) is 52.4. The Labute approximate surface area is 128 Å². The summed E-state index contributed by atoms with van der Waals surface area (Å²) in [6.07, 6.45) is 14.3. The van der Waals surface area contributed by atoms with Crippen molar-refractivity contribution < 1.29 is 9.47 Å². The SMILES string of the molecule is C1=CC2=CC3=C4O[C@@H]4[C@@H]4CC5C6C(=CC(=C1)C2C6=C34)C1OC15. The summed E-state index contributed by atoms with van der Waals surface area (Å²) >= 11 is 0. The first-order valence-electron chi connectivity index (χ1n) is 8.52. The summed E-state index contributed by atoms with van der Waals surface area (Å²) in [4.78, 5) is 0. The second-order valence-electron chi connectivity index (χ2n) is 7.94. The molecule has 22 heavy (non-hydrogen) atoms. The van der Waals surface area contributed by atoms with Gasteiger partial charge in [0.25, 0.3) is 0 Å². The molecular formula is C20H14O2. The first-order valence-corrected chi connectivity index (χ1v) is 8.52. The van der Waals surface area contributed by atoms with E-state index in [4.69, 9.17) is 9.47 Å². The van der Waals surface area contributed by atoms with Gasteiger partial charge in [0.05, 0.1) is 6.10 Å². The van der Waals surface area contributed by atoms with Crippen molar-refractivity contribution in [1.82, 2.24) is 0 Å². The number of allylic oxidation sites excluding steroid dienone is 9. The summed E-state index contributed by atoms with van der Waals surface area (Å²) in [6.45, 7) is 0. The summed E-state index contributed by atoms with van der Waals surface area (Å²) in [5.74, 6) is 3.80. The minimum Gasteiger partial charge on any atom is -0.482 e. The van der Waals surface area contributed by atoms with E-state index in [0.717, 1.165) is 0 Å². The molecule has 6 aliphatic carbocycles. The van der Waals surface area contributed by atoms with Gasteiger partial charge in [0.2, 0.25) is 0 Å². The number of rotatable bonds is 0. The predicted octanol–water partition coefficient (Wildman–Crippen LogP) is 2.98. The number of epoxide rings is 2. The van der Waals surface area contributed by atoms with Gasteiger partial charge in [0, 0.05) is 23.3 Å². The smallest absolute Gasteiger partial charge is 0.163 e. The molecule has 2 aliphatic heterocycles. The van der Waals surface area contributed by atoms with Gasteiger partial charge in [-0.25, -0.2) is 0 Å². The fraction of sp³-hybridized carbons (Fsp3) is 0.400. The van der Waals surface area contributed by atoms with E-state index in [1.807, 2.05) is 0 Å². The van der Waals surface area contributed by atoms with Gasteiger partial charge in [0.15, 0.2) is 6.10 Å². The number of hydrogen-bond donors (Lipinski definition) is 0. The topological polar surface area (TPSA) is 25.1 Å². The summed E-state index contributed by atoms with van der Waals surface area (Å²) in [5, 5.41) is 0. The van der Waals surface area contributed by atoms with Crippen LogP contribution in [0.25, 0.3) is 0 Å². The van der Waals surface area contributed by atoms with Crippen LogP contribution in [-0.4, -0.2) is 18.3 Å². The Bertz CT molecular complexity index is 906. The van der Waals surface area contributed by atoms with E-state index in [9.17, 15) is 0 Å². The van der Waals surface area contributed by atoms with Gasteiger partial charge in [-0.15, -0.1) is 0 Å². The van der Waals surface area contributed by atoms with E-state index in [2.05, 4.69) is 30.4 Å². The van der Waals surface area contributed by atoms with Crippen molar-refractivity contribution in [3.05, 3.63) is 69.6 Å². The van der Waals surface area contributed by atoms with Crippen LogP contribution in [0, 0.1) is 23.7 Å². The summed E-state index contributed by atoms with van der Waals surface area (Å²) in [7, 11) is 0. The van der Waals surface area contributed by atoms with Crippen molar-refractivity contribution in [2.75, 3.05) is 0 Å². The van der Waals surface area contributed by atoms with Crippen molar-refractivity contribution in [3.63, 3.8) is 0 Å². The molecule has 106 valence electrons. The van der Waals surface area contributed by atoms with Crippen LogP contribution in [0.5, 0.6) is 0 Å². The van der Waals surface area contributed by atoms with Crippen LogP contribution in [0.1, 0.15) is 6.42 Å². The van der Waals surface area contributed by atoms with Crippen LogP contribution < -0.4 is 0 Å². The number of ether oxygens (including phenoxy) is 2. The summed E-state index contributed by atoms with van der Waals surface area (Å²) in [6, 6.07) is 0. The third-order valence-electron chi connectivity index (χ3n) is 7.18. The molecule has 2 nitrogen and oxygen atoms in total. The minimum absolute atomic E-state index is 0.402. The molecule has 0 radical (unpaired) electrons. The van der Waals surface area contributed by atoms with Crippen molar-refractivity contribution in [3.8, 4) is 0 Å². The second kappa shape index (κ2) is 2.74. The maximum absolute atomic E-state index is 6.02. The standard InChI is InChI=1S/C20H14O2/c1-2-7-4-9-14-11(19-17(9)21-19)6-12-15-10(18-20(12)22-18)5-8(3-1)13(7)16(14)15/h1-5,11-14,17,19-20H,6H2/t11?,12-,13?,14?,17?,19?,20-/m1/s1. The molecule has 8 rings (SSSR count). The zero-order chi connectivity index (χ0) is 13.7. The summed E-state index contributed by atoms with van der Waals surface area (Å²) < 4.78 is 11.9. The van der Waals surface area contributed by atoms with Gasteiger partial charge in [-0.1, -0.05) is 24.3 Å². The fourth-order valence-corrected chi connectivity index (χ4v) is 6.44. The van der Waals surface area contributed by atoms with Crippen LogP contribution in [0.2, 0.25) is 0 Å².